The number of benzene rings is 2. The first-order valence-corrected chi connectivity index (χ1v) is 10.6. The van der Waals surface area contributed by atoms with Crippen LogP contribution in [0.4, 0.5) is 0 Å². The van der Waals surface area contributed by atoms with E-state index in [9.17, 15) is 14.7 Å². The maximum atomic E-state index is 13.1. The number of rotatable bonds is 8. The van der Waals surface area contributed by atoms with Crippen molar-refractivity contribution in [2.45, 2.75) is 6.04 Å². The second-order valence-electron chi connectivity index (χ2n) is 7.76. The molecule has 3 rings (SSSR count). The van der Waals surface area contributed by atoms with Gasteiger partial charge in [0.25, 0.3) is 11.7 Å². The van der Waals surface area contributed by atoms with Crippen LogP contribution in [0.2, 0.25) is 5.02 Å². The Kier molecular flexibility index (Phi) is 7.50. The van der Waals surface area contributed by atoms with Gasteiger partial charge in [-0.2, -0.15) is 0 Å². The van der Waals surface area contributed by atoms with E-state index in [1.54, 1.807) is 30.3 Å². The summed E-state index contributed by atoms with van der Waals surface area (Å²) in [6.45, 7) is 0.821. The smallest absolute Gasteiger partial charge is 0.295 e. The molecule has 0 aromatic heterocycles. The van der Waals surface area contributed by atoms with Gasteiger partial charge >= 0.3 is 0 Å². The SMILES string of the molecule is COc1ccc(C(O)=C2C(=O)C(=O)N(CCN(C)C)[C@@H]2c2ccc(OC)c(OC)c2)cc1Cl. The number of aliphatic hydroxyl groups excluding tert-OH is 1. The molecule has 176 valence electrons. The highest BCUT2D eigenvalue weighted by molar-refractivity contribution is 6.46. The van der Waals surface area contributed by atoms with Gasteiger partial charge in [-0.3, -0.25) is 9.59 Å². The van der Waals surface area contributed by atoms with Gasteiger partial charge in [-0.25, -0.2) is 0 Å². The normalized spacial score (nSPS) is 17.5. The predicted molar refractivity (Wildman–Crippen MR) is 125 cm³/mol. The van der Waals surface area contributed by atoms with Crippen molar-refractivity contribution in [2.24, 2.45) is 0 Å². The lowest BCUT2D eigenvalue weighted by atomic mass is 9.95. The molecular weight excluding hydrogens is 448 g/mol. The summed E-state index contributed by atoms with van der Waals surface area (Å²) in [6.07, 6.45) is 0. The molecule has 0 unspecified atom stereocenters. The van der Waals surface area contributed by atoms with Crippen molar-refractivity contribution in [1.82, 2.24) is 9.80 Å². The van der Waals surface area contributed by atoms with E-state index in [2.05, 4.69) is 0 Å². The van der Waals surface area contributed by atoms with Crippen LogP contribution < -0.4 is 14.2 Å². The number of Topliss-reactive ketones (excluding diaryl/α,β-unsaturated/α-hetero) is 1. The predicted octanol–water partition coefficient (Wildman–Crippen LogP) is 3.35. The molecule has 0 saturated carbocycles. The Hall–Kier alpha value is -3.23. The van der Waals surface area contributed by atoms with Gasteiger partial charge in [0.05, 0.1) is 38.0 Å². The molecule has 33 heavy (non-hydrogen) atoms. The molecular formula is C24H27ClN2O6. The van der Waals surface area contributed by atoms with E-state index in [0.29, 0.717) is 34.9 Å². The number of hydrogen-bond acceptors (Lipinski definition) is 7. The summed E-state index contributed by atoms with van der Waals surface area (Å²) in [5.74, 6) is -0.383. The van der Waals surface area contributed by atoms with E-state index < -0.39 is 17.7 Å². The maximum Gasteiger partial charge on any atom is 0.295 e. The maximum absolute atomic E-state index is 13.1. The molecule has 0 bridgehead atoms. The summed E-state index contributed by atoms with van der Waals surface area (Å²) in [7, 11) is 8.26. The number of halogens is 1. The highest BCUT2D eigenvalue weighted by atomic mass is 35.5. The van der Waals surface area contributed by atoms with E-state index in [4.69, 9.17) is 25.8 Å². The minimum Gasteiger partial charge on any atom is -0.507 e. The van der Waals surface area contributed by atoms with Crippen LogP contribution in [0.1, 0.15) is 17.2 Å². The van der Waals surface area contributed by atoms with Crippen molar-refractivity contribution >= 4 is 29.1 Å². The number of amides is 1. The summed E-state index contributed by atoms with van der Waals surface area (Å²) in [4.78, 5) is 29.5. The van der Waals surface area contributed by atoms with E-state index in [1.807, 2.05) is 19.0 Å². The number of likely N-dealkylation sites (N-methyl/N-ethyl adjacent to an activating group) is 1. The monoisotopic (exact) mass is 474 g/mol. The Morgan fingerprint density at radius 1 is 1.00 bits per heavy atom. The zero-order valence-corrected chi connectivity index (χ0v) is 20.0. The molecule has 8 nitrogen and oxygen atoms in total. The average Bonchev–Trinajstić information content (AvgIpc) is 3.06. The summed E-state index contributed by atoms with van der Waals surface area (Å²) >= 11 is 6.23. The van der Waals surface area contributed by atoms with Gasteiger partial charge in [-0.15, -0.1) is 0 Å². The van der Waals surface area contributed by atoms with E-state index >= 15 is 0 Å². The number of carbonyl (C=O) groups excluding carboxylic acids is 2. The molecule has 1 aliphatic heterocycles. The van der Waals surface area contributed by atoms with Crippen molar-refractivity contribution in [3.63, 3.8) is 0 Å². The molecule has 2 aromatic carbocycles. The Morgan fingerprint density at radius 2 is 1.64 bits per heavy atom. The van der Waals surface area contributed by atoms with Crippen LogP contribution in [0, 0.1) is 0 Å². The average molecular weight is 475 g/mol. The van der Waals surface area contributed by atoms with Crippen LogP contribution in [0.15, 0.2) is 42.0 Å². The van der Waals surface area contributed by atoms with Gasteiger partial charge in [0.1, 0.15) is 11.5 Å². The largest absolute Gasteiger partial charge is 0.507 e. The number of ether oxygens (including phenoxy) is 3. The summed E-state index contributed by atoms with van der Waals surface area (Å²) in [6, 6.07) is 9.00. The molecule has 0 aliphatic carbocycles. The van der Waals surface area contributed by atoms with Gasteiger partial charge in [0.2, 0.25) is 0 Å². The molecule has 0 spiro atoms. The third-order valence-electron chi connectivity index (χ3n) is 5.48. The highest BCUT2D eigenvalue weighted by Gasteiger charge is 2.46. The third kappa shape index (κ3) is 4.77. The zero-order valence-electron chi connectivity index (χ0n) is 19.2. The molecule has 1 fully saturated rings. The van der Waals surface area contributed by atoms with Crippen LogP contribution in [0.3, 0.4) is 0 Å². The Labute approximate surface area is 197 Å². The lowest BCUT2D eigenvalue weighted by Crippen LogP contribution is -2.35. The first kappa shape index (κ1) is 24.4. The zero-order chi connectivity index (χ0) is 24.3. The van der Waals surface area contributed by atoms with Crippen LogP contribution in [-0.2, 0) is 9.59 Å². The van der Waals surface area contributed by atoms with E-state index in [1.165, 1.54) is 32.3 Å². The van der Waals surface area contributed by atoms with Gasteiger partial charge in [-0.05, 0) is 50.0 Å². The molecule has 0 radical (unpaired) electrons. The number of likely N-dealkylation sites (tertiary alicyclic amines) is 1. The van der Waals surface area contributed by atoms with Gasteiger partial charge in [0.15, 0.2) is 11.5 Å². The van der Waals surface area contributed by atoms with Crippen molar-refractivity contribution in [3.8, 4) is 17.2 Å². The summed E-state index contributed by atoms with van der Waals surface area (Å²) in [5.41, 5.74) is 0.885. The number of methoxy groups -OCH3 is 3. The number of ketones is 1. The lowest BCUT2D eigenvalue weighted by Gasteiger charge is -2.27. The number of hydrogen-bond donors (Lipinski definition) is 1. The van der Waals surface area contributed by atoms with E-state index in [-0.39, 0.29) is 22.9 Å². The Morgan fingerprint density at radius 3 is 2.21 bits per heavy atom. The van der Waals surface area contributed by atoms with Crippen LogP contribution in [-0.4, -0.2) is 75.1 Å². The third-order valence-corrected chi connectivity index (χ3v) is 5.77. The van der Waals surface area contributed by atoms with Crippen molar-refractivity contribution < 1.29 is 28.9 Å². The fraction of sp³-hybridized carbons (Fsp3) is 0.333. The first-order valence-electron chi connectivity index (χ1n) is 10.2. The fourth-order valence-corrected chi connectivity index (χ4v) is 4.01. The molecule has 1 amide bonds. The first-order chi connectivity index (χ1) is 15.7. The molecule has 9 heteroatoms. The summed E-state index contributed by atoms with van der Waals surface area (Å²) in [5, 5.41) is 11.4. The lowest BCUT2D eigenvalue weighted by molar-refractivity contribution is -0.140. The minimum absolute atomic E-state index is 0.0211. The molecule has 1 saturated heterocycles. The van der Waals surface area contributed by atoms with Gasteiger partial charge in [-0.1, -0.05) is 17.7 Å². The van der Waals surface area contributed by atoms with Crippen LogP contribution >= 0.6 is 11.6 Å². The Balaban J connectivity index is 2.19. The fourth-order valence-electron chi connectivity index (χ4n) is 3.76. The van der Waals surface area contributed by atoms with E-state index in [0.717, 1.165) is 0 Å². The second kappa shape index (κ2) is 10.1. The summed E-state index contributed by atoms with van der Waals surface area (Å²) < 4.78 is 15.9. The molecule has 1 N–H and O–H groups in total. The number of aliphatic hydroxyl groups is 1. The van der Waals surface area contributed by atoms with Crippen molar-refractivity contribution in [2.75, 3.05) is 48.5 Å². The van der Waals surface area contributed by atoms with Crippen molar-refractivity contribution in [1.29, 1.82) is 0 Å². The quantitative estimate of drug-likeness (QED) is 0.356. The Bertz CT molecular complexity index is 1100. The van der Waals surface area contributed by atoms with Gasteiger partial charge < -0.3 is 29.1 Å². The van der Waals surface area contributed by atoms with Gasteiger partial charge in [0, 0.05) is 18.7 Å². The molecule has 2 aromatic rings. The van der Waals surface area contributed by atoms with Crippen molar-refractivity contribution in [3.05, 3.63) is 58.1 Å². The van der Waals surface area contributed by atoms with Crippen LogP contribution in [0.5, 0.6) is 17.2 Å². The number of nitrogens with zero attached hydrogens (tertiary/aromatic N) is 2. The molecule has 1 aliphatic rings. The minimum atomic E-state index is -0.814. The highest BCUT2D eigenvalue weighted by Crippen LogP contribution is 2.42. The molecule has 1 heterocycles. The number of carbonyl (C=O) groups is 2. The molecule has 1 atom stereocenters. The van der Waals surface area contributed by atoms with Crippen LogP contribution in [0.25, 0.3) is 5.76 Å². The second-order valence-corrected chi connectivity index (χ2v) is 8.17. The standard InChI is InChI=1S/C24H27ClN2O6/c1-26(2)10-11-27-21(14-6-9-18(32-4)19(13-14)33-5)20(23(29)24(27)30)22(28)15-7-8-17(31-3)16(25)12-15/h6-9,12-13,21,28H,10-11H2,1-5H3/t21-/m1/s1. The topological polar surface area (TPSA) is 88.5 Å².